The third-order valence-electron chi connectivity index (χ3n) is 3.58. The molecule has 1 atom stereocenters. The molecule has 0 aliphatic carbocycles. The van der Waals surface area contributed by atoms with E-state index in [1.807, 2.05) is 32.0 Å². The number of fused-ring (bicyclic) bond motifs is 1. The van der Waals surface area contributed by atoms with Gasteiger partial charge in [-0.25, -0.2) is 0 Å². The molecule has 24 heavy (non-hydrogen) atoms. The van der Waals surface area contributed by atoms with Gasteiger partial charge in [-0.1, -0.05) is 65.0 Å². The molecular formula is C21H34O2Y. The zero-order valence-electron chi connectivity index (χ0n) is 16.4. The largest absolute Gasteiger partial charge is 0.507 e. The van der Waals surface area contributed by atoms with Gasteiger partial charge in [0.25, 0.3) is 0 Å². The maximum atomic E-state index is 9.89. The van der Waals surface area contributed by atoms with Crippen LogP contribution < -0.4 is 0 Å². The fourth-order valence-corrected chi connectivity index (χ4v) is 2.69. The molecule has 2 aromatic rings. The first-order valence-electron chi connectivity index (χ1n) is 8.77. The van der Waals surface area contributed by atoms with E-state index in [1.165, 1.54) is 10.9 Å². The standard InChI is InChI=1S/C16H20O.C3H8O.C2H6.Y/c1-4-12(11(2)3)13-7-5-9-15-14(13)8-6-10-16(15)17;1-3(2)4;1-2;/h5-12,17H,4H2,1-3H3;3-4H,1-2H3;1-2H3;. The van der Waals surface area contributed by atoms with Gasteiger partial charge in [0.1, 0.15) is 5.75 Å². The summed E-state index contributed by atoms with van der Waals surface area (Å²) in [7, 11) is 0. The molecular weight excluding hydrogens is 373 g/mol. The summed E-state index contributed by atoms with van der Waals surface area (Å²) in [4.78, 5) is 0. The minimum Gasteiger partial charge on any atom is -0.507 e. The van der Waals surface area contributed by atoms with Crippen LogP contribution in [0.2, 0.25) is 0 Å². The number of rotatable bonds is 3. The summed E-state index contributed by atoms with van der Waals surface area (Å²) in [6.45, 7) is 14.2. The van der Waals surface area contributed by atoms with Gasteiger partial charge in [0.05, 0.1) is 0 Å². The normalized spacial score (nSPS) is 11.1. The first-order valence-corrected chi connectivity index (χ1v) is 8.77. The van der Waals surface area contributed by atoms with Crippen molar-refractivity contribution in [1.82, 2.24) is 0 Å². The van der Waals surface area contributed by atoms with Crippen molar-refractivity contribution < 1.29 is 42.9 Å². The second kappa shape index (κ2) is 13.8. The molecule has 0 aromatic heterocycles. The smallest absolute Gasteiger partial charge is 0.123 e. The van der Waals surface area contributed by atoms with Gasteiger partial charge in [-0.2, -0.15) is 0 Å². The minimum atomic E-state index is -0.167. The molecule has 0 amide bonds. The van der Waals surface area contributed by atoms with Gasteiger partial charge < -0.3 is 10.2 Å². The van der Waals surface area contributed by atoms with Crippen LogP contribution in [0.3, 0.4) is 0 Å². The molecule has 0 aliphatic rings. The number of aliphatic hydroxyl groups excluding tert-OH is 1. The molecule has 2 rings (SSSR count). The molecule has 133 valence electrons. The molecule has 2 N–H and O–H groups in total. The predicted octanol–water partition coefficient (Wildman–Crippen LogP) is 6.11. The molecule has 0 saturated carbocycles. The van der Waals surface area contributed by atoms with E-state index in [0.29, 0.717) is 17.6 Å². The van der Waals surface area contributed by atoms with Crippen LogP contribution in [0.4, 0.5) is 0 Å². The Morgan fingerprint density at radius 1 is 0.875 bits per heavy atom. The minimum absolute atomic E-state index is 0. The molecule has 0 heterocycles. The third kappa shape index (κ3) is 8.09. The van der Waals surface area contributed by atoms with Crippen LogP contribution in [-0.2, 0) is 32.7 Å². The molecule has 0 saturated heterocycles. The molecule has 0 spiro atoms. The van der Waals surface area contributed by atoms with Gasteiger partial charge in [-0.05, 0) is 49.1 Å². The summed E-state index contributed by atoms with van der Waals surface area (Å²) >= 11 is 0. The monoisotopic (exact) mass is 407 g/mol. The first-order chi connectivity index (χ1) is 10.9. The van der Waals surface area contributed by atoms with Crippen molar-refractivity contribution >= 4 is 10.8 Å². The second-order valence-corrected chi connectivity index (χ2v) is 6.07. The fraction of sp³-hybridized carbons (Fsp3) is 0.524. The topological polar surface area (TPSA) is 40.5 Å². The fourth-order valence-electron chi connectivity index (χ4n) is 2.69. The van der Waals surface area contributed by atoms with Crippen LogP contribution >= 0.6 is 0 Å². The van der Waals surface area contributed by atoms with Crippen molar-refractivity contribution in [2.75, 3.05) is 0 Å². The van der Waals surface area contributed by atoms with E-state index < -0.39 is 0 Å². The summed E-state index contributed by atoms with van der Waals surface area (Å²) in [6.07, 6.45) is 0.965. The zero-order chi connectivity index (χ0) is 18.0. The van der Waals surface area contributed by atoms with E-state index >= 15 is 0 Å². The molecule has 0 aliphatic heterocycles. The van der Waals surface area contributed by atoms with Crippen molar-refractivity contribution in [2.24, 2.45) is 5.92 Å². The van der Waals surface area contributed by atoms with Gasteiger partial charge in [0.15, 0.2) is 0 Å². The molecule has 2 nitrogen and oxygen atoms in total. The predicted molar refractivity (Wildman–Crippen MR) is 102 cm³/mol. The summed E-state index contributed by atoms with van der Waals surface area (Å²) in [5.74, 6) is 1.55. The van der Waals surface area contributed by atoms with Gasteiger partial charge in [0.2, 0.25) is 0 Å². The number of phenols is 1. The molecule has 2 aromatic carbocycles. The summed E-state index contributed by atoms with van der Waals surface area (Å²) in [6, 6.07) is 12.0. The molecule has 0 fully saturated rings. The number of aromatic hydroxyl groups is 1. The Bertz CT molecular complexity index is 562. The van der Waals surface area contributed by atoms with E-state index in [2.05, 4.69) is 32.9 Å². The molecule has 0 bridgehead atoms. The van der Waals surface area contributed by atoms with E-state index in [9.17, 15) is 5.11 Å². The van der Waals surface area contributed by atoms with E-state index in [0.717, 1.165) is 11.8 Å². The van der Waals surface area contributed by atoms with Crippen LogP contribution in [0.25, 0.3) is 10.8 Å². The quantitative estimate of drug-likeness (QED) is 0.645. The van der Waals surface area contributed by atoms with Crippen LogP contribution in [0.1, 0.15) is 66.4 Å². The Hall–Kier alpha value is -0.436. The van der Waals surface area contributed by atoms with Crippen LogP contribution in [-0.4, -0.2) is 16.3 Å². The summed E-state index contributed by atoms with van der Waals surface area (Å²) in [5.41, 5.74) is 1.36. The number of aliphatic hydroxyl groups is 1. The Kier molecular flexibility index (Phi) is 14.8. The van der Waals surface area contributed by atoms with Crippen molar-refractivity contribution in [3.63, 3.8) is 0 Å². The SMILES string of the molecule is CC.CC(C)O.CCC(c1cccc2c(O)cccc12)C(C)C.[Y]. The number of benzene rings is 2. The van der Waals surface area contributed by atoms with Crippen molar-refractivity contribution in [3.05, 3.63) is 42.0 Å². The van der Waals surface area contributed by atoms with Crippen LogP contribution in [0.5, 0.6) is 5.75 Å². The van der Waals surface area contributed by atoms with Gasteiger partial charge in [-0.3, -0.25) is 0 Å². The Morgan fingerprint density at radius 2 is 1.33 bits per heavy atom. The summed E-state index contributed by atoms with van der Waals surface area (Å²) < 4.78 is 0. The van der Waals surface area contributed by atoms with Crippen LogP contribution in [0.15, 0.2) is 36.4 Å². The van der Waals surface area contributed by atoms with E-state index in [4.69, 9.17) is 5.11 Å². The average Bonchev–Trinajstić information content (AvgIpc) is 2.50. The van der Waals surface area contributed by atoms with Gasteiger partial charge >= 0.3 is 0 Å². The van der Waals surface area contributed by atoms with Gasteiger partial charge in [-0.15, -0.1) is 0 Å². The maximum Gasteiger partial charge on any atom is 0.123 e. The average molecular weight is 407 g/mol. The van der Waals surface area contributed by atoms with E-state index in [-0.39, 0.29) is 38.8 Å². The maximum absolute atomic E-state index is 9.89. The van der Waals surface area contributed by atoms with Crippen molar-refractivity contribution in [2.45, 2.75) is 66.9 Å². The number of phenolic OH excluding ortho intramolecular Hbond substituents is 1. The number of hydrogen-bond acceptors (Lipinski definition) is 2. The Labute approximate surface area is 173 Å². The molecule has 3 heteroatoms. The van der Waals surface area contributed by atoms with Crippen molar-refractivity contribution in [1.29, 1.82) is 0 Å². The summed E-state index contributed by atoms with van der Waals surface area (Å²) in [5, 5.41) is 20.1. The Morgan fingerprint density at radius 3 is 1.79 bits per heavy atom. The van der Waals surface area contributed by atoms with Gasteiger partial charge in [0, 0.05) is 44.2 Å². The Balaban J connectivity index is 0. The van der Waals surface area contributed by atoms with Crippen LogP contribution in [0, 0.1) is 5.92 Å². The van der Waals surface area contributed by atoms with Crippen molar-refractivity contribution in [3.8, 4) is 5.75 Å². The second-order valence-electron chi connectivity index (χ2n) is 6.07. The zero-order valence-corrected chi connectivity index (χ0v) is 19.2. The third-order valence-corrected chi connectivity index (χ3v) is 3.58. The number of hydrogen-bond donors (Lipinski definition) is 2. The van der Waals surface area contributed by atoms with E-state index in [1.54, 1.807) is 19.9 Å². The first kappa shape index (κ1) is 25.8. The molecule has 1 radical (unpaired) electrons. The molecule has 1 unspecified atom stereocenters.